The van der Waals surface area contributed by atoms with Crippen LogP contribution in [0.2, 0.25) is 0 Å². The number of carbonyl (C=O) groups is 1. The van der Waals surface area contributed by atoms with Crippen LogP contribution in [-0.4, -0.2) is 28.8 Å². The molecule has 0 radical (unpaired) electrons. The van der Waals surface area contributed by atoms with Gasteiger partial charge in [0.25, 0.3) is 11.5 Å². The van der Waals surface area contributed by atoms with Gasteiger partial charge in [-0.3, -0.25) is 9.59 Å². The molecular weight excluding hydrogens is 325 g/mol. The normalized spacial score (nSPS) is 16.0. The maximum Gasteiger partial charge on any atom is 0.277 e. The molecule has 7 heteroatoms. The van der Waals surface area contributed by atoms with Crippen molar-refractivity contribution in [3.05, 3.63) is 56.8 Å². The maximum absolute atomic E-state index is 13.2. The van der Waals surface area contributed by atoms with Crippen LogP contribution in [0.1, 0.15) is 41.0 Å². The molecule has 3 rings (SSSR count). The molecule has 0 saturated heterocycles. The average molecular weight is 345 g/mol. The third kappa shape index (κ3) is 3.40. The summed E-state index contributed by atoms with van der Waals surface area (Å²) in [6.07, 6.45) is 1.70. The minimum atomic E-state index is -0.495. The summed E-state index contributed by atoms with van der Waals surface area (Å²) in [5.41, 5.74) is 1.83. The number of fused-ring (bicyclic) bond motifs is 1. The molecule has 2 N–H and O–H groups in total. The molecule has 1 aliphatic rings. The lowest BCUT2D eigenvalue weighted by molar-refractivity contribution is 0.0912. The minimum Gasteiger partial charge on any atom is -0.491 e. The van der Waals surface area contributed by atoms with E-state index in [2.05, 4.69) is 15.5 Å². The Morgan fingerprint density at radius 1 is 1.40 bits per heavy atom. The van der Waals surface area contributed by atoms with Gasteiger partial charge < -0.3 is 10.1 Å². The van der Waals surface area contributed by atoms with Gasteiger partial charge in [-0.25, -0.2) is 9.49 Å². The Balaban J connectivity index is 1.82. The standard InChI is InChI=1S/C18H20FN3O3/c1-3-13-14(4-2)21-22-18(24)16(13)17(23)20-12-7-10-5-6-11(19)8-15(10)25-9-12/h5-6,8,12H,3-4,7,9H2,1-2H3,(H,20,23)(H,22,24). The molecule has 0 bridgehead atoms. The average Bonchev–Trinajstić information content (AvgIpc) is 2.61. The highest BCUT2D eigenvalue weighted by atomic mass is 19.1. The lowest BCUT2D eigenvalue weighted by Crippen LogP contribution is -2.44. The SMILES string of the molecule is CCc1n[nH]c(=O)c(C(=O)NC2COc3cc(F)ccc3C2)c1CC. The number of nitrogens with zero attached hydrogens (tertiary/aromatic N) is 1. The number of hydrogen-bond acceptors (Lipinski definition) is 4. The summed E-state index contributed by atoms with van der Waals surface area (Å²) in [5.74, 6) is -0.298. The molecule has 1 aromatic carbocycles. The van der Waals surface area contributed by atoms with Crippen molar-refractivity contribution < 1.29 is 13.9 Å². The molecule has 2 aromatic rings. The number of ether oxygens (including phenoxy) is 1. The summed E-state index contributed by atoms with van der Waals surface area (Å²) < 4.78 is 18.8. The van der Waals surface area contributed by atoms with Gasteiger partial charge in [-0.2, -0.15) is 5.10 Å². The van der Waals surface area contributed by atoms with Gasteiger partial charge in [0, 0.05) is 6.07 Å². The molecule has 0 fully saturated rings. The maximum atomic E-state index is 13.2. The van der Waals surface area contributed by atoms with Crippen molar-refractivity contribution in [2.75, 3.05) is 6.61 Å². The zero-order valence-electron chi connectivity index (χ0n) is 14.2. The first kappa shape index (κ1) is 17.1. The Labute approximate surface area is 144 Å². The number of aromatic amines is 1. The van der Waals surface area contributed by atoms with Gasteiger partial charge in [0.05, 0.1) is 11.7 Å². The molecule has 0 spiro atoms. The van der Waals surface area contributed by atoms with E-state index in [1.807, 2.05) is 13.8 Å². The van der Waals surface area contributed by atoms with Crippen LogP contribution in [-0.2, 0) is 19.3 Å². The van der Waals surface area contributed by atoms with Gasteiger partial charge in [-0.05, 0) is 36.5 Å². The van der Waals surface area contributed by atoms with Gasteiger partial charge in [-0.1, -0.05) is 19.9 Å². The zero-order chi connectivity index (χ0) is 18.0. The highest BCUT2D eigenvalue weighted by molar-refractivity contribution is 5.95. The first-order valence-electron chi connectivity index (χ1n) is 8.36. The number of benzene rings is 1. The smallest absolute Gasteiger partial charge is 0.277 e. The van der Waals surface area contributed by atoms with E-state index < -0.39 is 11.5 Å². The second-order valence-corrected chi connectivity index (χ2v) is 6.00. The fourth-order valence-electron chi connectivity index (χ4n) is 3.13. The molecule has 25 heavy (non-hydrogen) atoms. The van der Waals surface area contributed by atoms with Gasteiger partial charge in [0.2, 0.25) is 0 Å². The van der Waals surface area contributed by atoms with E-state index >= 15 is 0 Å². The van der Waals surface area contributed by atoms with Crippen LogP contribution in [0.3, 0.4) is 0 Å². The molecule has 1 aromatic heterocycles. The first-order chi connectivity index (χ1) is 12.0. The van der Waals surface area contributed by atoms with E-state index in [0.717, 1.165) is 5.56 Å². The van der Waals surface area contributed by atoms with Crippen LogP contribution in [0.4, 0.5) is 4.39 Å². The minimum absolute atomic E-state index is 0.110. The number of amides is 1. The highest BCUT2D eigenvalue weighted by Crippen LogP contribution is 2.25. The Morgan fingerprint density at radius 2 is 2.20 bits per heavy atom. The number of nitrogens with one attached hydrogen (secondary N) is 2. The van der Waals surface area contributed by atoms with Crippen molar-refractivity contribution >= 4 is 5.91 Å². The van der Waals surface area contributed by atoms with Crippen molar-refractivity contribution in [2.45, 2.75) is 39.2 Å². The Hall–Kier alpha value is -2.70. The van der Waals surface area contributed by atoms with Crippen molar-refractivity contribution in [3.63, 3.8) is 0 Å². The van der Waals surface area contributed by atoms with Crippen LogP contribution < -0.4 is 15.6 Å². The molecule has 6 nitrogen and oxygen atoms in total. The Bertz CT molecular complexity index is 863. The van der Waals surface area contributed by atoms with E-state index in [1.165, 1.54) is 12.1 Å². The second-order valence-electron chi connectivity index (χ2n) is 6.00. The predicted octanol–water partition coefficient (Wildman–Crippen LogP) is 1.77. The van der Waals surface area contributed by atoms with Crippen LogP contribution >= 0.6 is 0 Å². The van der Waals surface area contributed by atoms with Crippen molar-refractivity contribution in [3.8, 4) is 5.75 Å². The van der Waals surface area contributed by atoms with E-state index in [4.69, 9.17) is 4.74 Å². The summed E-state index contributed by atoms with van der Waals surface area (Å²) in [6.45, 7) is 4.04. The number of aryl methyl sites for hydroxylation is 1. The summed E-state index contributed by atoms with van der Waals surface area (Å²) in [4.78, 5) is 24.8. The molecule has 0 aliphatic carbocycles. The third-order valence-corrected chi connectivity index (χ3v) is 4.36. The van der Waals surface area contributed by atoms with Gasteiger partial charge in [-0.15, -0.1) is 0 Å². The van der Waals surface area contributed by atoms with Crippen molar-refractivity contribution in [1.82, 2.24) is 15.5 Å². The van der Waals surface area contributed by atoms with E-state index in [0.29, 0.717) is 36.3 Å². The molecule has 1 aliphatic heterocycles. The van der Waals surface area contributed by atoms with Crippen molar-refractivity contribution in [1.29, 1.82) is 0 Å². The van der Waals surface area contributed by atoms with Gasteiger partial charge >= 0.3 is 0 Å². The summed E-state index contributed by atoms with van der Waals surface area (Å²) in [6, 6.07) is 4.06. The number of halogens is 1. The highest BCUT2D eigenvalue weighted by Gasteiger charge is 2.25. The first-order valence-corrected chi connectivity index (χ1v) is 8.36. The molecule has 0 saturated carbocycles. The van der Waals surface area contributed by atoms with E-state index in [9.17, 15) is 14.0 Å². The quantitative estimate of drug-likeness (QED) is 0.884. The van der Waals surface area contributed by atoms with Gasteiger partial charge in [0.15, 0.2) is 0 Å². The molecule has 132 valence electrons. The number of rotatable bonds is 4. The van der Waals surface area contributed by atoms with E-state index in [-0.39, 0.29) is 24.0 Å². The van der Waals surface area contributed by atoms with Crippen molar-refractivity contribution in [2.24, 2.45) is 0 Å². The molecular formula is C18H20FN3O3. The lowest BCUT2D eigenvalue weighted by atomic mass is 10.0. The van der Waals surface area contributed by atoms with Crippen LogP contribution in [0.5, 0.6) is 5.75 Å². The van der Waals surface area contributed by atoms with Crippen LogP contribution in [0.15, 0.2) is 23.0 Å². The predicted molar refractivity (Wildman–Crippen MR) is 90.5 cm³/mol. The number of aromatic nitrogens is 2. The molecule has 1 amide bonds. The molecule has 1 atom stereocenters. The monoisotopic (exact) mass is 345 g/mol. The number of carbonyl (C=O) groups excluding carboxylic acids is 1. The van der Waals surface area contributed by atoms with Crippen LogP contribution in [0, 0.1) is 5.82 Å². The third-order valence-electron chi connectivity index (χ3n) is 4.36. The number of H-pyrrole nitrogens is 1. The second kappa shape index (κ2) is 7.04. The zero-order valence-corrected chi connectivity index (χ0v) is 14.2. The summed E-state index contributed by atoms with van der Waals surface area (Å²) >= 11 is 0. The van der Waals surface area contributed by atoms with Crippen LogP contribution in [0.25, 0.3) is 0 Å². The lowest BCUT2D eigenvalue weighted by Gasteiger charge is -2.26. The molecule has 2 heterocycles. The molecule has 1 unspecified atom stereocenters. The Morgan fingerprint density at radius 3 is 2.92 bits per heavy atom. The largest absolute Gasteiger partial charge is 0.491 e. The van der Waals surface area contributed by atoms with E-state index in [1.54, 1.807) is 6.07 Å². The topological polar surface area (TPSA) is 84.1 Å². The fourth-order valence-corrected chi connectivity index (χ4v) is 3.13. The Kier molecular flexibility index (Phi) is 4.83. The number of hydrogen-bond donors (Lipinski definition) is 2. The van der Waals surface area contributed by atoms with Gasteiger partial charge in [0.1, 0.15) is 23.7 Å². The fraction of sp³-hybridized carbons (Fsp3) is 0.389. The summed E-state index contributed by atoms with van der Waals surface area (Å²) in [7, 11) is 0. The summed E-state index contributed by atoms with van der Waals surface area (Å²) in [5, 5.41) is 9.26.